The first kappa shape index (κ1) is 10.9. The van der Waals surface area contributed by atoms with Crippen molar-refractivity contribution in [1.82, 2.24) is 4.98 Å². The zero-order chi connectivity index (χ0) is 11.8. The third-order valence-electron chi connectivity index (χ3n) is 2.83. The summed E-state index contributed by atoms with van der Waals surface area (Å²) >= 11 is 0. The predicted octanol–water partition coefficient (Wildman–Crippen LogP) is 0.327. The molecule has 1 fully saturated rings. The number of nitrogens with zero attached hydrogens (tertiary/aromatic N) is 2. The van der Waals surface area contributed by atoms with Crippen LogP contribution in [-0.4, -0.2) is 34.6 Å². The maximum Gasteiger partial charge on any atom is 0.143 e. The lowest BCUT2D eigenvalue weighted by molar-refractivity contribution is 0.0839. The first-order chi connectivity index (χ1) is 7.49. The number of pyridine rings is 1. The number of hydrogen-bond donors (Lipinski definition) is 3. The summed E-state index contributed by atoms with van der Waals surface area (Å²) in [6.45, 7) is 3.13. The highest BCUT2D eigenvalue weighted by Gasteiger charge is 2.32. The van der Waals surface area contributed by atoms with Crippen molar-refractivity contribution in [3.8, 4) is 0 Å². The van der Waals surface area contributed by atoms with Gasteiger partial charge in [-0.05, 0) is 25.5 Å². The van der Waals surface area contributed by atoms with Gasteiger partial charge in [-0.25, -0.2) is 0 Å². The van der Waals surface area contributed by atoms with E-state index < -0.39 is 5.60 Å². The number of β-amino-alcohol motifs (C(OH)–C–C–N with tert-alkyl or cyclic N) is 1. The van der Waals surface area contributed by atoms with Crippen LogP contribution in [0.25, 0.3) is 0 Å². The summed E-state index contributed by atoms with van der Waals surface area (Å²) in [6.07, 6.45) is 2.34. The second-order valence-electron chi connectivity index (χ2n) is 4.45. The van der Waals surface area contributed by atoms with Crippen molar-refractivity contribution in [3.05, 3.63) is 24.0 Å². The van der Waals surface area contributed by atoms with Crippen molar-refractivity contribution in [2.75, 3.05) is 18.0 Å². The van der Waals surface area contributed by atoms with E-state index in [2.05, 4.69) is 4.98 Å². The molecule has 4 N–H and O–H groups in total. The molecule has 1 aliphatic heterocycles. The van der Waals surface area contributed by atoms with Gasteiger partial charge in [0, 0.05) is 19.3 Å². The van der Waals surface area contributed by atoms with E-state index in [-0.39, 0.29) is 5.84 Å². The Morgan fingerprint density at radius 3 is 3.00 bits per heavy atom. The lowest BCUT2D eigenvalue weighted by atomic mass is 10.1. The fourth-order valence-electron chi connectivity index (χ4n) is 2.01. The third kappa shape index (κ3) is 1.99. The number of nitrogen functional groups attached to an aromatic ring is 1. The Morgan fingerprint density at radius 1 is 1.69 bits per heavy atom. The van der Waals surface area contributed by atoms with Crippen LogP contribution in [0.2, 0.25) is 0 Å². The monoisotopic (exact) mass is 220 g/mol. The van der Waals surface area contributed by atoms with Gasteiger partial charge in [-0.1, -0.05) is 0 Å². The van der Waals surface area contributed by atoms with Crippen molar-refractivity contribution >= 4 is 11.5 Å². The number of aliphatic hydroxyl groups is 1. The van der Waals surface area contributed by atoms with Gasteiger partial charge in [0.2, 0.25) is 0 Å². The highest BCUT2D eigenvalue weighted by Crippen LogP contribution is 2.27. The highest BCUT2D eigenvalue weighted by atomic mass is 16.3. The van der Waals surface area contributed by atoms with E-state index >= 15 is 0 Å². The molecule has 0 aliphatic carbocycles. The molecule has 5 nitrogen and oxygen atoms in total. The van der Waals surface area contributed by atoms with Crippen LogP contribution < -0.4 is 10.6 Å². The average Bonchev–Trinajstić information content (AvgIpc) is 2.59. The van der Waals surface area contributed by atoms with E-state index in [1.807, 2.05) is 24.0 Å². The van der Waals surface area contributed by atoms with Gasteiger partial charge in [0.15, 0.2) is 0 Å². The van der Waals surface area contributed by atoms with Gasteiger partial charge < -0.3 is 15.7 Å². The largest absolute Gasteiger partial charge is 0.388 e. The Hall–Kier alpha value is -1.62. The molecule has 2 heterocycles. The molecule has 1 aromatic heterocycles. The first-order valence-electron chi connectivity index (χ1n) is 5.26. The zero-order valence-corrected chi connectivity index (χ0v) is 9.27. The second kappa shape index (κ2) is 3.75. The number of amidine groups is 1. The maximum atomic E-state index is 9.91. The van der Waals surface area contributed by atoms with Gasteiger partial charge in [-0.3, -0.25) is 10.4 Å². The van der Waals surface area contributed by atoms with Crippen molar-refractivity contribution < 1.29 is 5.11 Å². The number of nitrogens with two attached hydrogens (primary N) is 1. The molecule has 0 amide bonds. The quantitative estimate of drug-likeness (QED) is 0.495. The summed E-state index contributed by atoms with van der Waals surface area (Å²) in [5.74, 6) is -0.0397. The molecule has 1 unspecified atom stereocenters. The topological polar surface area (TPSA) is 86.2 Å². The fraction of sp³-hybridized carbons (Fsp3) is 0.455. The van der Waals surface area contributed by atoms with E-state index in [0.717, 1.165) is 18.7 Å². The Bertz CT molecular complexity index is 416. The fourth-order valence-corrected chi connectivity index (χ4v) is 2.01. The number of aromatic nitrogens is 1. The third-order valence-corrected chi connectivity index (χ3v) is 2.83. The summed E-state index contributed by atoms with van der Waals surface area (Å²) in [5, 5.41) is 17.4. The van der Waals surface area contributed by atoms with Crippen LogP contribution in [0.3, 0.4) is 0 Å². The predicted molar refractivity (Wildman–Crippen MR) is 62.7 cm³/mol. The van der Waals surface area contributed by atoms with Crippen LogP contribution in [0.4, 0.5) is 5.69 Å². The van der Waals surface area contributed by atoms with Crippen molar-refractivity contribution in [2.24, 2.45) is 5.73 Å². The van der Waals surface area contributed by atoms with Crippen LogP contribution in [0.5, 0.6) is 0 Å². The number of anilines is 1. The normalized spacial score (nSPS) is 24.8. The minimum atomic E-state index is -0.663. The summed E-state index contributed by atoms with van der Waals surface area (Å²) < 4.78 is 0. The lowest BCUT2D eigenvalue weighted by Gasteiger charge is -2.22. The van der Waals surface area contributed by atoms with Gasteiger partial charge in [0.05, 0.1) is 11.3 Å². The van der Waals surface area contributed by atoms with Gasteiger partial charge >= 0.3 is 0 Å². The summed E-state index contributed by atoms with van der Waals surface area (Å²) in [7, 11) is 0. The molecular weight excluding hydrogens is 204 g/mol. The van der Waals surface area contributed by atoms with Crippen molar-refractivity contribution in [3.63, 3.8) is 0 Å². The summed E-state index contributed by atoms with van der Waals surface area (Å²) in [4.78, 5) is 6.12. The number of nitrogens with one attached hydrogen (secondary N) is 1. The van der Waals surface area contributed by atoms with Gasteiger partial charge in [-0.2, -0.15) is 0 Å². The molecule has 2 rings (SSSR count). The molecule has 1 aromatic rings. The number of hydrogen-bond acceptors (Lipinski definition) is 4. The maximum absolute atomic E-state index is 9.91. The molecule has 0 radical (unpaired) electrons. The minimum Gasteiger partial charge on any atom is -0.388 e. The van der Waals surface area contributed by atoms with Gasteiger partial charge in [0.25, 0.3) is 0 Å². The Morgan fingerprint density at radius 2 is 2.44 bits per heavy atom. The van der Waals surface area contributed by atoms with E-state index in [0.29, 0.717) is 12.2 Å². The first-order valence-corrected chi connectivity index (χ1v) is 5.26. The number of rotatable bonds is 2. The molecule has 0 saturated carbocycles. The molecule has 0 bridgehead atoms. The van der Waals surface area contributed by atoms with E-state index in [9.17, 15) is 5.11 Å². The Balaban J connectivity index is 2.31. The van der Waals surface area contributed by atoms with Crippen LogP contribution in [0.1, 0.15) is 19.0 Å². The smallest absolute Gasteiger partial charge is 0.143 e. The lowest BCUT2D eigenvalue weighted by Crippen LogP contribution is -2.31. The highest BCUT2D eigenvalue weighted by molar-refractivity contribution is 5.98. The van der Waals surface area contributed by atoms with Crippen LogP contribution >= 0.6 is 0 Å². The average molecular weight is 220 g/mol. The van der Waals surface area contributed by atoms with Crippen LogP contribution in [0, 0.1) is 5.41 Å². The second-order valence-corrected chi connectivity index (χ2v) is 4.45. The molecule has 1 aliphatic rings. The molecule has 1 saturated heterocycles. The molecule has 0 spiro atoms. The van der Waals surface area contributed by atoms with E-state index in [4.69, 9.17) is 11.1 Å². The molecule has 5 heteroatoms. The van der Waals surface area contributed by atoms with Gasteiger partial charge in [0.1, 0.15) is 11.5 Å². The Kier molecular flexibility index (Phi) is 2.55. The van der Waals surface area contributed by atoms with Crippen molar-refractivity contribution in [1.29, 1.82) is 5.41 Å². The molecule has 1 atom stereocenters. The van der Waals surface area contributed by atoms with Crippen LogP contribution in [0.15, 0.2) is 18.3 Å². The molecule has 16 heavy (non-hydrogen) atoms. The van der Waals surface area contributed by atoms with Crippen LogP contribution in [-0.2, 0) is 0 Å². The molecular formula is C11H16N4O. The summed E-state index contributed by atoms with van der Waals surface area (Å²) in [5.41, 5.74) is 6.13. The summed E-state index contributed by atoms with van der Waals surface area (Å²) in [6, 6.07) is 3.69. The van der Waals surface area contributed by atoms with Gasteiger partial charge in [-0.15, -0.1) is 0 Å². The Labute approximate surface area is 94.4 Å². The minimum absolute atomic E-state index is 0.0397. The molecule has 86 valence electrons. The standard InChI is InChI=1S/C11H16N4O/c1-11(16)4-6-15(7-11)8-3-2-5-14-9(8)10(12)13/h2-3,5,16H,4,6-7H2,1H3,(H3,12,13). The zero-order valence-electron chi connectivity index (χ0n) is 9.27. The van der Waals surface area contributed by atoms with E-state index in [1.54, 1.807) is 6.20 Å². The SMILES string of the molecule is CC1(O)CCN(c2cccnc2C(=N)N)C1. The van der Waals surface area contributed by atoms with E-state index in [1.165, 1.54) is 0 Å². The molecule has 0 aromatic carbocycles. The van der Waals surface area contributed by atoms with Crippen molar-refractivity contribution in [2.45, 2.75) is 18.9 Å².